The molecule has 1 amide bonds. The molecule has 116 valence electrons. The van der Waals surface area contributed by atoms with Crippen LogP contribution in [0.2, 0.25) is 0 Å². The van der Waals surface area contributed by atoms with Gasteiger partial charge in [-0.3, -0.25) is 4.79 Å². The fourth-order valence-electron chi connectivity index (χ4n) is 2.79. The smallest absolute Gasteiger partial charge is 0.230 e. The summed E-state index contributed by atoms with van der Waals surface area (Å²) in [6, 6.07) is 5.41. The summed E-state index contributed by atoms with van der Waals surface area (Å²) in [6.07, 6.45) is 2.59. The monoisotopic (exact) mass is 292 g/mol. The number of amides is 1. The fraction of sp³-hybridized carbons (Fsp3) is 0.562. The third-order valence-electron chi connectivity index (χ3n) is 4.33. The first-order valence-electron chi connectivity index (χ1n) is 7.39. The minimum absolute atomic E-state index is 0.0850. The molecule has 21 heavy (non-hydrogen) atoms. The molecular weight excluding hydrogens is 268 g/mol. The SMILES string of the molecule is CCC1(C(=O)Nc2cc(OC)cc(OC)c2)CCNCC1. The van der Waals surface area contributed by atoms with E-state index < -0.39 is 0 Å². The number of benzene rings is 1. The van der Waals surface area contributed by atoms with Gasteiger partial charge in [0, 0.05) is 23.9 Å². The molecule has 0 aliphatic carbocycles. The van der Waals surface area contributed by atoms with Crippen LogP contribution in [-0.4, -0.2) is 33.2 Å². The number of carbonyl (C=O) groups excluding carboxylic acids is 1. The third kappa shape index (κ3) is 3.47. The van der Waals surface area contributed by atoms with Gasteiger partial charge in [0.2, 0.25) is 5.91 Å². The molecule has 1 aliphatic rings. The summed E-state index contributed by atoms with van der Waals surface area (Å²) in [5.41, 5.74) is 0.434. The molecule has 2 N–H and O–H groups in total. The molecule has 0 saturated carbocycles. The van der Waals surface area contributed by atoms with Crippen molar-refractivity contribution in [3.05, 3.63) is 18.2 Å². The highest BCUT2D eigenvalue weighted by Gasteiger charge is 2.37. The predicted octanol–water partition coefficient (Wildman–Crippen LogP) is 2.42. The fourth-order valence-corrected chi connectivity index (χ4v) is 2.79. The molecule has 0 unspecified atom stereocenters. The predicted molar refractivity (Wildman–Crippen MR) is 83.0 cm³/mol. The van der Waals surface area contributed by atoms with Gasteiger partial charge in [0.25, 0.3) is 0 Å². The summed E-state index contributed by atoms with van der Waals surface area (Å²) in [5, 5.41) is 6.34. The highest BCUT2D eigenvalue weighted by molar-refractivity contribution is 5.95. The number of piperidine rings is 1. The van der Waals surface area contributed by atoms with E-state index in [0.717, 1.165) is 32.4 Å². The Morgan fingerprint density at radius 3 is 2.24 bits per heavy atom. The van der Waals surface area contributed by atoms with E-state index in [1.807, 2.05) is 12.1 Å². The van der Waals surface area contributed by atoms with Crippen LogP contribution in [0.5, 0.6) is 11.5 Å². The van der Waals surface area contributed by atoms with Crippen molar-refractivity contribution in [3.63, 3.8) is 0 Å². The molecular formula is C16H24N2O3. The van der Waals surface area contributed by atoms with Crippen molar-refractivity contribution in [3.8, 4) is 11.5 Å². The van der Waals surface area contributed by atoms with E-state index in [2.05, 4.69) is 17.6 Å². The van der Waals surface area contributed by atoms with E-state index in [9.17, 15) is 4.79 Å². The highest BCUT2D eigenvalue weighted by atomic mass is 16.5. The molecule has 1 fully saturated rings. The molecule has 0 radical (unpaired) electrons. The van der Waals surface area contributed by atoms with Gasteiger partial charge in [0.15, 0.2) is 0 Å². The van der Waals surface area contributed by atoms with E-state index in [-0.39, 0.29) is 11.3 Å². The summed E-state index contributed by atoms with van der Waals surface area (Å²) >= 11 is 0. The maximum Gasteiger partial charge on any atom is 0.230 e. The molecule has 1 aliphatic heterocycles. The molecule has 1 aromatic carbocycles. The van der Waals surface area contributed by atoms with Gasteiger partial charge in [-0.25, -0.2) is 0 Å². The summed E-state index contributed by atoms with van der Waals surface area (Å²) in [7, 11) is 3.20. The van der Waals surface area contributed by atoms with E-state index in [1.54, 1.807) is 20.3 Å². The Hall–Kier alpha value is -1.75. The first kappa shape index (κ1) is 15.6. The van der Waals surface area contributed by atoms with E-state index in [4.69, 9.17) is 9.47 Å². The van der Waals surface area contributed by atoms with Crippen LogP contribution >= 0.6 is 0 Å². The number of carbonyl (C=O) groups is 1. The summed E-state index contributed by atoms with van der Waals surface area (Å²) in [4.78, 5) is 12.7. The number of hydrogen-bond acceptors (Lipinski definition) is 4. The molecule has 5 nitrogen and oxygen atoms in total. The van der Waals surface area contributed by atoms with Gasteiger partial charge in [-0.15, -0.1) is 0 Å². The minimum atomic E-state index is -0.276. The molecule has 1 aromatic rings. The lowest BCUT2D eigenvalue weighted by Gasteiger charge is -2.35. The largest absolute Gasteiger partial charge is 0.497 e. The van der Waals surface area contributed by atoms with Crippen molar-refractivity contribution in [2.45, 2.75) is 26.2 Å². The van der Waals surface area contributed by atoms with Crippen molar-refractivity contribution in [2.75, 3.05) is 32.6 Å². The van der Waals surface area contributed by atoms with Crippen LogP contribution < -0.4 is 20.1 Å². The van der Waals surface area contributed by atoms with Gasteiger partial charge < -0.3 is 20.1 Å². The molecule has 1 heterocycles. The standard InChI is InChI=1S/C16H24N2O3/c1-4-16(5-7-17-8-6-16)15(19)18-12-9-13(20-2)11-14(10-12)21-3/h9-11,17H,4-8H2,1-3H3,(H,18,19). The maximum atomic E-state index is 12.7. The molecule has 0 aromatic heterocycles. The zero-order valence-electron chi connectivity index (χ0n) is 13.0. The second-order valence-corrected chi connectivity index (χ2v) is 5.44. The Kier molecular flexibility index (Phi) is 5.07. The summed E-state index contributed by atoms with van der Waals surface area (Å²) in [6.45, 7) is 3.86. The number of hydrogen-bond donors (Lipinski definition) is 2. The van der Waals surface area contributed by atoms with Crippen LogP contribution in [0.15, 0.2) is 18.2 Å². The number of methoxy groups -OCH3 is 2. The van der Waals surface area contributed by atoms with Crippen LogP contribution in [0.1, 0.15) is 26.2 Å². The molecule has 2 rings (SSSR count). The van der Waals surface area contributed by atoms with Gasteiger partial charge in [-0.05, 0) is 32.4 Å². The number of anilines is 1. The molecule has 0 atom stereocenters. The molecule has 0 spiro atoms. The van der Waals surface area contributed by atoms with Gasteiger partial charge >= 0.3 is 0 Å². The van der Waals surface area contributed by atoms with Crippen LogP contribution in [0, 0.1) is 5.41 Å². The minimum Gasteiger partial charge on any atom is -0.497 e. The zero-order valence-corrected chi connectivity index (χ0v) is 13.0. The van der Waals surface area contributed by atoms with Gasteiger partial charge in [-0.1, -0.05) is 6.92 Å². The quantitative estimate of drug-likeness (QED) is 0.875. The highest BCUT2D eigenvalue weighted by Crippen LogP contribution is 2.35. The molecule has 5 heteroatoms. The van der Waals surface area contributed by atoms with Crippen LogP contribution in [0.4, 0.5) is 5.69 Å². The first-order chi connectivity index (χ1) is 10.1. The average molecular weight is 292 g/mol. The number of rotatable bonds is 5. The Bertz CT molecular complexity index is 474. The maximum absolute atomic E-state index is 12.7. The summed E-state index contributed by atoms with van der Waals surface area (Å²) < 4.78 is 10.5. The van der Waals surface area contributed by atoms with Gasteiger partial charge in [0.1, 0.15) is 11.5 Å². The van der Waals surface area contributed by atoms with Crippen molar-refractivity contribution >= 4 is 11.6 Å². The Morgan fingerprint density at radius 2 is 1.76 bits per heavy atom. The Morgan fingerprint density at radius 1 is 1.19 bits per heavy atom. The van der Waals surface area contributed by atoms with Crippen LogP contribution in [-0.2, 0) is 4.79 Å². The van der Waals surface area contributed by atoms with E-state index in [1.165, 1.54) is 0 Å². The lowest BCUT2D eigenvalue weighted by molar-refractivity contribution is -0.127. The first-order valence-corrected chi connectivity index (χ1v) is 7.39. The Labute approximate surface area is 126 Å². The van der Waals surface area contributed by atoms with E-state index >= 15 is 0 Å². The second-order valence-electron chi connectivity index (χ2n) is 5.44. The van der Waals surface area contributed by atoms with Crippen LogP contribution in [0.3, 0.4) is 0 Å². The van der Waals surface area contributed by atoms with Crippen molar-refractivity contribution < 1.29 is 14.3 Å². The Balaban J connectivity index is 2.18. The average Bonchev–Trinajstić information content (AvgIpc) is 2.54. The van der Waals surface area contributed by atoms with Crippen molar-refractivity contribution in [1.29, 1.82) is 0 Å². The van der Waals surface area contributed by atoms with Crippen molar-refractivity contribution in [2.24, 2.45) is 5.41 Å². The zero-order chi connectivity index (χ0) is 15.3. The number of nitrogens with one attached hydrogen (secondary N) is 2. The lowest BCUT2D eigenvalue weighted by atomic mass is 9.76. The molecule has 0 bridgehead atoms. The van der Waals surface area contributed by atoms with Gasteiger partial charge in [-0.2, -0.15) is 0 Å². The summed E-state index contributed by atoms with van der Waals surface area (Å²) in [5.74, 6) is 1.42. The molecule has 1 saturated heterocycles. The van der Waals surface area contributed by atoms with Gasteiger partial charge in [0.05, 0.1) is 19.6 Å². The van der Waals surface area contributed by atoms with Crippen molar-refractivity contribution in [1.82, 2.24) is 5.32 Å². The van der Waals surface area contributed by atoms with Crippen LogP contribution in [0.25, 0.3) is 0 Å². The lowest BCUT2D eigenvalue weighted by Crippen LogP contribution is -2.44. The topological polar surface area (TPSA) is 59.6 Å². The van der Waals surface area contributed by atoms with E-state index in [0.29, 0.717) is 17.2 Å². The third-order valence-corrected chi connectivity index (χ3v) is 4.33. The normalized spacial score (nSPS) is 17.1. The number of ether oxygens (including phenoxy) is 2. The second kappa shape index (κ2) is 6.80.